The van der Waals surface area contributed by atoms with Gasteiger partial charge in [0.05, 0.1) is 0 Å². The lowest BCUT2D eigenvalue weighted by atomic mass is 9.67. The molecule has 0 aromatic carbocycles. The molecule has 3 heteroatoms. The van der Waals surface area contributed by atoms with Crippen LogP contribution in [0.25, 0.3) is 0 Å². The topological polar surface area (TPSA) is 55.1 Å². The molecule has 1 amide bonds. The molecule has 0 aromatic heterocycles. The molecule has 0 spiro atoms. The highest BCUT2D eigenvalue weighted by Crippen LogP contribution is 2.43. The summed E-state index contributed by atoms with van der Waals surface area (Å²) in [6.07, 6.45) is 11.2. The maximum Gasteiger partial charge on any atom is 0.221 e. The average molecular weight is 252 g/mol. The van der Waals surface area contributed by atoms with Crippen LogP contribution in [0.15, 0.2) is 0 Å². The number of nitrogens with two attached hydrogens (primary N) is 1. The first-order valence-electron chi connectivity index (χ1n) is 7.63. The number of nitrogens with one attached hydrogen (secondary N) is 1. The summed E-state index contributed by atoms with van der Waals surface area (Å²) in [7, 11) is 0. The zero-order valence-electron chi connectivity index (χ0n) is 11.8. The van der Waals surface area contributed by atoms with Crippen molar-refractivity contribution in [2.45, 2.75) is 76.7 Å². The zero-order chi connectivity index (χ0) is 13.1. The molecule has 0 aliphatic heterocycles. The Labute approximate surface area is 111 Å². The van der Waals surface area contributed by atoms with Crippen LogP contribution in [-0.4, -0.2) is 18.0 Å². The third kappa shape index (κ3) is 3.25. The van der Waals surface area contributed by atoms with E-state index in [0.29, 0.717) is 11.8 Å². The lowest BCUT2D eigenvalue weighted by Crippen LogP contribution is -2.48. The van der Waals surface area contributed by atoms with Gasteiger partial charge < -0.3 is 11.1 Å². The Balaban J connectivity index is 1.74. The van der Waals surface area contributed by atoms with Crippen molar-refractivity contribution in [1.29, 1.82) is 0 Å². The molecule has 18 heavy (non-hydrogen) atoms. The highest BCUT2D eigenvalue weighted by molar-refractivity contribution is 5.77. The van der Waals surface area contributed by atoms with E-state index in [9.17, 15) is 4.79 Å². The van der Waals surface area contributed by atoms with Gasteiger partial charge in [0.15, 0.2) is 0 Å². The standard InChI is InChI=1S/C15H28N2O/c1-2-14(7-6-8-14)12-17-13(18)11-15(16)9-4-3-5-10-15/h2-12,16H2,1H3,(H,17,18). The molecule has 2 saturated carbocycles. The molecular formula is C15H28N2O. The summed E-state index contributed by atoms with van der Waals surface area (Å²) in [5, 5.41) is 3.13. The Morgan fingerprint density at radius 3 is 2.28 bits per heavy atom. The number of carbonyl (C=O) groups excluding carboxylic acids is 1. The molecule has 0 unspecified atom stereocenters. The van der Waals surface area contributed by atoms with Crippen molar-refractivity contribution in [2.24, 2.45) is 11.1 Å². The van der Waals surface area contributed by atoms with Crippen LogP contribution >= 0.6 is 0 Å². The summed E-state index contributed by atoms with van der Waals surface area (Å²) in [6, 6.07) is 0. The summed E-state index contributed by atoms with van der Waals surface area (Å²) >= 11 is 0. The van der Waals surface area contributed by atoms with Gasteiger partial charge in [-0.1, -0.05) is 32.6 Å². The number of hydrogen-bond donors (Lipinski definition) is 2. The number of amides is 1. The minimum absolute atomic E-state index is 0.166. The Kier molecular flexibility index (Phi) is 4.31. The summed E-state index contributed by atoms with van der Waals surface area (Å²) in [4.78, 5) is 12.0. The highest BCUT2D eigenvalue weighted by atomic mass is 16.1. The molecular weight excluding hydrogens is 224 g/mol. The molecule has 3 nitrogen and oxygen atoms in total. The van der Waals surface area contributed by atoms with E-state index in [-0.39, 0.29) is 11.4 Å². The Hall–Kier alpha value is -0.570. The van der Waals surface area contributed by atoms with Gasteiger partial charge >= 0.3 is 0 Å². The molecule has 0 heterocycles. The minimum atomic E-state index is -0.221. The van der Waals surface area contributed by atoms with Crippen LogP contribution in [0, 0.1) is 5.41 Å². The Morgan fingerprint density at radius 1 is 1.11 bits per heavy atom. The lowest BCUT2D eigenvalue weighted by Gasteiger charge is -2.41. The Bertz CT molecular complexity index is 285. The molecule has 2 aliphatic rings. The molecule has 2 fully saturated rings. The molecule has 0 bridgehead atoms. The third-order valence-electron chi connectivity index (χ3n) is 5.19. The molecule has 2 rings (SSSR count). The summed E-state index contributed by atoms with van der Waals surface area (Å²) < 4.78 is 0. The minimum Gasteiger partial charge on any atom is -0.355 e. The van der Waals surface area contributed by atoms with Crippen molar-refractivity contribution in [2.75, 3.05) is 6.54 Å². The summed E-state index contributed by atoms with van der Waals surface area (Å²) in [5.74, 6) is 0.166. The van der Waals surface area contributed by atoms with Gasteiger partial charge in [0.25, 0.3) is 0 Å². The maximum atomic E-state index is 12.0. The van der Waals surface area contributed by atoms with Gasteiger partial charge in [0.1, 0.15) is 0 Å². The fourth-order valence-electron chi connectivity index (χ4n) is 3.43. The fourth-order valence-corrected chi connectivity index (χ4v) is 3.43. The second-order valence-electron chi connectivity index (χ2n) is 6.58. The quantitative estimate of drug-likeness (QED) is 0.790. The first kappa shape index (κ1) is 13.9. The smallest absolute Gasteiger partial charge is 0.221 e. The number of carbonyl (C=O) groups is 1. The van der Waals surface area contributed by atoms with Crippen LogP contribution in [0.4, 0.5) is 0 Å². The van der Waals surface area contributed by atoms with Crippen molar-refractivity contribution < 1.29 is 4.79 Å². The van der Waals surface area contributed by atoms with Crippen molar-refractivity contribution >= 4 is 5.91 Å². The van der Waals surface area contributed by atoms with Crippen LogP contribution < -0.4 is 11.1 Å². The predicted molar refractivity (Wildman–Crippen MR) is 74.2 cm³/mol. The van der Waals surface area contributed by atoms with Gasteiger partial charge in [0.2, 0.25) is 5.91 Å². The van der Waals surface area contributed by atoms with Gasteiger partial charge in [-0.05, 0) is 37.5 Å². The zero-order valence-corrected chi connectivity index (χ0v) is 11.8. The number of hydrogen-bond acceptors (Lipinski definition) is 2. The van der Waals surface area contributed by atoms with E-state index in [2.05, 4.69) is 12.2 Å². The fraction of sp³-hybridized carbons (Fsp3) is 0.933. The van der Waals surface area contributed by atoms with Crippen molar-refractivity contribution in [3.63, 3.8) is 0 Å². The van der Waals surface area contributed by atoms with Gasteiger partial charge in [-0.25, -0.2) is 0 Å². The largest absolute Gasteiger partial charge is 0.355 e. The Morgan fingerprint density at radius 2 is 1.78 bits per heavy atom. The van der Waals surface area contributed by atoms with E-state index < -0.39 is 0 Å². The monoisotopic (exact) mass is 252 g/mol. The van der Waals surface area contributed by atoms with E-state index >= 15 is 0 Å². The normalized spacial score (nSPS) is 25.2. The molecule has 2 aliphatic carbocycles. The molecule has 0 saturated heterocycles. The van der Waals surface area contributed by atoms with Crippen molar-refractivity contribution in [3.05, 3.63) is 0 Å². The van der Waals surface area contributed by atoms with Gasteiger partial charge in [-0.3, -0.25) is 4.79 Å². The number of rotatable bonds is 5. The van der Waals surface area contributed by atoms with Crippen molar-refractivity contribution in [1.82, 2.24) is 5.32 Å². The second kappa shape index (κ2) is 5.60. The molecule has 0 aromatic rings. The van der Waals surface area contributed by atoms with E-state index in [4.69, 9.17) is 5.73 Å². The lowest BCUT2D eigenvalue weighted by molar-refractivity contribution is -0.123. The summed E-state index contributed by atoms with van der Waals surface area (Å²) in [5.41, 5.74) is 6.50. The van der Waals surface area contributed by atoms with E-state index in [1.54, 1.807) is 0 Å². The van der Waals surface area contributed by atoms with E-state index in [1.165, 1.54) is 44.9 Å². The average Bonchev–Trinajstić information content (AvgIpc) is 2.28. The predicted octanol–water partition coefficient (Wildman–Crippen LogP) is 2.73. The first-order chi connectivity index (χ1) is 8.58. The van der Waals surface area contributed by atoms with Gasteiger partial charge in [-0.15, -0.1) is 0 Å². The van der Waals surface area contributed by atoms with Gasteiger partial charge in [-0.2, -0.15) is 0 Å². The van der Waals surface area contributed by atoms with Crippen LogP contribution in [0.2, 0.25) is 0 Å². The maximum absolute atomic E-state index is 12.0. The van der Waals surface area contributed by atoms with Crippen LogP contribution in [0.3, 0.4) is 0 Å². The highest BCUT2D eigenvalue weighted by Gasteiger charge is 2.36. The molecule has 0 radical (unpaired) electrons. The second-order valence-corrected chi connectivity index (χ2v) is 6.58. The van der Waals surface area contributed by atoms with E-state index in [0.717, 1.165) is 19.4 Å². The van der Waals surface area contributed by atoms with Crippen LogP contribution in [0.5, 0.6) is 0 Å². The molecule has 0 atom stereocenters. The van der Waals surface area contributed by atoms with E-state index in [1.807, 2.05) is 0 Å². The first-order valence-corrected chi connectivity index (χ1v) is 7.63. The molecule has 3 N–H and O–H groups in total. The summed E-state index contributed by atoms with van der Waals surface area (Å²) in [6.45, 7) is 3.09. The van der Waals surface area contributed by atoms with Crippen LogP contribution in [0.1, 0.15) is 71.1 Å². The van der Waals surface area contributed by atoms with Crippen molar-refractivity contribution in [3.8, 4) is 0 Å². The SMILES string of the molecule is CCC1(CNC(=O)CC2(N)CCCCC2)CCC1. The molecule has 104 valence electrons. The third-order valence-corrected chi connectivity index (χ3v) is 5.19. The van der Waals surface area contributed by atoms with Gasteiger partial charge in [0, 0.05) is 18.5 Å². The van der Waals surface area contributed by atoms with Crippen LogP contribution in [-0.2, 0) is 4.79 Å².